The molecule has 2 N–H and O–H groups in total. The molecule has 0 radical (unpaired) electrons. The minimum Gasteiger partial charge on any atom is -0.451 e. The molecule has 0 aromatic heterocycles. The Morgan fingerprint density at radius 1 is 1.23 bits per heavy atom. The van der Waals surface area contributed by atoms with Crippen molar-refractivity contribution in [1.82, 2.24) is 10.6 Å². The van der Waals surface area contributed by atoms with Crippen molar-refractivity contribution in [3.8, 4) is 0 Å². The van der Waals surface area contributed by atoms with Crippen molar-refractivity contribution < 1.29 is 27.5 Å². The number of nitrogens with one attached hydrogen (secondary N) is 2. The first-order chi connectivity index (χ1) is 12.2. The Labute approximate surface area is 151 Å². The fourth-order valence-electron chi connectivity index (χ4n) is 2.44. The third-order valence-corrected chi connectivity index (χ3v) is 5.34. The monoisotopic (exact) mass is 380 g/mol. The molecule has 0 bridgehead atoms. The molecule has 1 saturated heterocycles. The van der Waals surface area contributed by atoms with Gasteiger partial charge in [0.1, 0.15) is 5.70 Å². The maximum absolute atomic E-state index is 12.1. The number of sulfone groups is 1. The molecule has 26 heavy (non-hydrogen) atoms. The van der Waals surface area contributed by atoms with Crippen LogP contribution in [0.25, 0.3) is 6.08 Å². The highest BCUT2D eigenvalue weighted by Gasteiger charge is 2.29. The number of hydrogen-bond acceptors (Lipinski definition) is 6. The van der Waals surface area contributed by atoms with Crippen LogP contribution in [-0.4, -0.2) is 50.4 Å². The molecule has 1 fully saturated rings. The summed E-state index contributed by atoms with van der Waals surface area (Å²) in [6.45, 7) is 0.681. The van der Waals surface area contributed by atoms with Crippen molar-refractivity contribution in [3.63, 3.8) is 0 Å². The Kier molecular flexibility index (Phi) is 6.51. The Morgan fingerprint density at radius 3 is 2.50 bits per heavy atom. The van der Waals surface area contributed by atoms with Gasteiger partial charge in [0.05, 0.1) is 11.5 Å². The molecule has 2 amide bonds. The van der Waals surface area contributed by atoms with Gasteiger partial charge < -0.3 is 15.4 Å². The Balaban J connectivity index is 1.93. The van der Waals surface area contributed by atoms with Crippen LogP contribution in [0.4, 0.5) is 0 Å². The van der Waals surface area contributed by atoms with Gasteiger partial charge in [-0.1, -0.05) is 30.3 Å². The van der Waals surface area contributed by atoms with Crippen molar-refractivity contribution in [2.75, 3.05) is 18.1 Å². The second kappa shape index (κ2) is 8.61. The van der Waals surface area contributed by atoms with Gasteiger partial charge in [0, 0.05) is 13.0 Å². The molecule has 1 aromatic carbocycles. The van der Waals surface area contributed by atoms with Crippen LogP contribution in [0.15, 0.2) is 36.0 Å². The van der Waals surface area contributed by atoms with Gasteiger partial charge in [-0.15, -0.1) is 0 Å². The summed E-state index contributed by atoms with van der Waals surface area (Å²) >= 11 is 0. The fourth-order valence-corrected chi connectivity index (χ4v) is 4.11. The third kappa shape index (κ3) is 6.32. The maximum atomic E-state index is 12.1. The van der Waals surface area contributed by atoms with E-state index in [0.717, 1.165) is 0 Å². The second-order valence-corrected chi connectivity index (χ2v) is 8.12. The highest BCUT2D eigenvalue weighted by molar-refractivity contribution is 7.91. The first-order valence-corrected chi connectivity index (χ1v) is 9.78. The van der Waals surface area contributed by atoms with Crippen LogP contribution in [0.5, 0.6) is 0 Å². The molecule has 0 spiro atoms. The molecule has 1 aliphatic heterocycles. The zero-order valence-corrected chi connectivity index (χ0v) is 15.0. The van der Waals surface area contributed by atoms with Crippen LogP contribution in [0.3, 0.4) is 0 Å². The number of carbonyl (C=O) groups excluding carboxylic acids is 3. The molecular formula is C17H20N2O6S. The van der Waals surface area contributed by atoms with Crippen LogP contribution >= 0.6 is 0 Å². The van der Waals surface area contributed by atoms with Crippen LogP contribution in [-0.2, 0) is 29.0 Å². The summed E-state index contributed by atoms with van der Waals surface area (Å²) in [5, 5.41) is 4.89. The standard InChI is InChI=1S/C17H20N2O6S/c1-12(20)18-15(9-13-5-3-2-4-6-13)17(22)25-10-16(21)19-14-7-8-26(23,24)11-14/h2-6,9,14H,7-8,10-11H2,1H3,(H,18,20)(H,19,21)/b15-9-/t14-/m1/s1. The van der Waals surface area contributed by atoms with E-state index in [2.05, 4.69) is 10.6 Å². The number of carbonyl (C=O) groups is 3. The molecule has 1 heterocycles. The average molecular weight is 380 g/mol. The molecule has 1 aliphatic rings. The van der Waals surface area contributed by atoms with E-state index in [4.69, 9.17) is 4.74 Å². The number of ether oxygens (including phenoxy) is 1. The van der Waals surface area contributed by atoms with Crippen LogP contribution in [0.2, 0.25) is 0 Å². The summed E-state index contributed by atoms with van der Waals surface area (Å²) < 4.78 is 27.7. The summed E-state index contributed by atoms with van der Waals surface area (Å²) in [5.74, 6) is -1.99. The van der Waals surface area contributed by atoms with E-state index in [0.29, 0.717) is 12.0 Å². The molecule has 2 rings (SSSR count). The highest BCUT2D eigenvalue weighted by atomic mass is 32.2. The zero-order valence-electron chi connectivity index (χ0n) is 14.2. The second-order valence-electron chi connectivity index (χ2n) is 5.89. The summed E-state index contributed by atoms with van der Waals surface area (Å²) in [6.07, 6.45) is 1.78. The number of hydrogen-bond donors (Lipinski definition) is 2. The van der Waals surface area contributed by atoms with Gasteiger partial charge in [0.15, 0.2) is 16.4 Å². The molecule has 9 heteroatoms. The zero-order chi connectivity index (χ0) is 19.2. The van der Waals surface area contributed by atoms with Gasteiger partial charge in [0.2, 0.25) is 5.91 Å². The molecular weight excluding hydrogens is 360 g/mol. The van der Waals surface area contributed by atoms with E-state index < -0.39 is 40.3 Å². The number of rotatable bonds is 6. The van der Waals surface area contributed by atoms with Gasteiger partial charge in [-0.25, -0.2) is 13.2 Å². The van der Waals surface area contributed by atoms with Crippen molar-refractivity contribution in [3.05, 3.63) is 41.6 Å². The van der Waals surface area contributed by atoms with Crippen molar-refractivity contribution in [2.24, 2.45) is 0 Å². The number of esters is 1. The highest BCUT2D eigenvalue weighted by Crippen LogP contribution is 2.11. The topological polar surface area (TPSA) is 119 Å². The van der Waals surface area contributed by atoms with Gasteiger partial charge >= 0.3 is 5.97 Å². The molecule has 0 aliphatic carbocycles. The molecule has 1 aromatic rings. The summed E-state index contributed by atoms with van der Waals surface area (Å²) in [7, 11) is -3.11. The van der Waals surface area contributed by atoms with Crippen LogP contribution < -0.4 is 10.6 Å². The lowest BCUT2D eigenvalue weighted by Crippen LogP contribution is -2.39. The first-order valence-electron chi connectivity index (χ1n) is 7.96. The van der Waals surface area contributed by atoms with Gasteiger partial charge in [-0.2, -0.15) is 0 Å². The summed E-state index contributed by atoms with van der Waals surface area (Å²) in [5.41, 5.74) is 0.578. The van der Waals surface area contributed by atoms with Crippen molar-refractivity contribution in [2.45, 2.75) is 19.4 Å². The lowest BCUT2D eigenvalue weighted by atomic mass is 10.2. The number of amides is 2. The van der Waals surface area contributed by atoms with Crippen LogP contribution in [0.1, 0.15) is 18.9 Å². The van der Waals surface area contributed by atoms with E-state index in [-0.39, 0.29) is 17.2 Å². The predicted molar refractivity (Wildman–Crippen MR) is 94.4 cm³/mol. The molecule has 140 valence electrons. The molecule has 8 nitrogen and oxygen atoms in total. The average Bonchev–Trinajstić information content (AvgIpc) is 2.91. The number of benzene rings is 1. The first kappa shape index (κ1) is 19.6. The SMILES string of the molecule is CC(=O)N/C(=C\c1ccccc1)C(=O)OCC(=O)N[C@@H]1CCS(=O)(=O)C1. The van der Waals surface area contributed by atoms with Gasteiger partial charge in [-0.3, -0.25) is 9.59 Å². The van der Waals surface area contributed by atoms with E-state index in [1.54, 1.807) is 30.3 Å². The minimum absolute atomic E-state index is 0.0320. The molecule has 0 unspecified atom stereocenters. The minimum atomic E-state index is -3.11. The quantitative estimate of drug-likeness (QED) is 0.530. The molecule has 0 saturated carbocycles. The maximum Gasteiger partial charge on any atom is 0.355 e. The van der Waals surface area contributed by atoms with Crippen molar-refractivity contribution in [1.29, 1.82) is 0 Å². The largest absolute Gasteiger partial charge is 0.451 e. The van der Waals surface area contributed by atoms with E-state index >= 15 is 0 Å². The fraction of sp³-hybridized carbons (Fsp3) is 0.353. The molecule has 1 atom stereocenters. The van der Waals surface area contributed by atoms with E-state index in [1.165, 1.54) is 13.0 Å². The predicted octanol–water partition coefficient (Wildman–Crippen LogP) is 0.0101. The van der Waals surface area contributed by atoms with E-state index in [1.807, 2.05) is 0 Å². The van der Waals surface area contributed by atoms with Crippen LogP contribution in [0, 0.1) is 0 Å². The van der Waals surface area contributed by atoms with Gasteiger partial charge in [0.25, 0.3) is 5.91 Å². The lowest BCUT2D eigenvalue weighted by molar-refractivity contribution is -0.145. The van der Waals surface area contributed by atoms with Gasteiger partial charge in [-0.05, 0) is 18.1 Å². The Bertz CT molecular complexity index is 817. The Hall–Kier alpha value is -2.68. The van der Waals surface area contributed by atoms with E-state index in [9.17, 15) is 22.8 Å². The lowest BCUT2D eigenvalue weighted by Gasteiger charge is -2.12. The Morgan fingerprint density at radius 2 is 1.92 bits per heavy atom. The summed E-state index contributed by atoms with van der Waals surface area (Å²) in [4.78, 5) is 35.3. The normalized spacial score (nSPS) is 18.8. The summed E-state index contributed by atoms with van der Waals surface area (Å²) in [6, 6.07) is 8.35. The third-order valence-electron chi connectivity index (χ3n) is 3.57. The van der Waals surface area contributed by atoms with Crippen molar-refractivity contribution >= 4 is 33.7 Å². The smallest absolute Gasteiger partial charge is 0.355 e.